The highest BCUT2D eigenvalue weighted by Crippen LogP contribution is 2.22. The third-order valence-corrected chi connectivity index (χ3v) is 4.99. The van der Waals surface area contributed by atoms with E-state index >= 15 is 0 Å². The summed E-state index contributed by atoms with van der Waals surface area (Å²) in [6.45, 7) is 3.01. The van der Waals surface area contributed by atoms with Gasteiger partial charge in [-0.25, -0.2) is 8.42 Å². The van der Waals surface area contributed by atoms with Crippen LogP contribution in [0.2, 0.25) is 0 Å². The van der Waals surface area contributed by atoms with Crippen molar-refractivity contribution < 1.29 is 17.9 Å². The molecule has 0 unspecified atom stereocenters. The molecule has 1 heterocycles. The number of benzene rings is 1. The lowest BCUT2D eigenvalue weighted by Gasteiger charge is -2.22. The Balaban J connectivity index is 1.88. The Kier molecular flexibility index (Phi) is 7.60. The molecule has 0 saturated heterocycles. The molecule has 1 aromatic carbocycles. The molecule has 1 N–H and O–H groups in total. The highest BCUT2D eigenvalue weighted by molar-refractivity contribution is 7.92. The number of hydrogen-bond acceptors (Lipinski definition) is 5. The van der Waals surface area contributed by atoms with Crippen molar-refractivity contribution in [3.05, 3.63) is 54.4 Å². The number of hydrogen-bond donors (Lipinski definition) is 1. The standard InChI is InChI=1S/C19H25N3O4S/c1-3-26-18-11-9-17(10-12-18)22(27(2,24)25)14-6-8-19(23)21-15-16-7-4-5-13-20-16/h4-5,7,9-13H,3,6,8,14-15H2,1-2H3,(H,21,23). The van der Waals surface area contributed by atoms with Gasteiger partial charge in [0.05, 0.1) is 30.8 Å². The minimum absolute atomic E-state index is 0.138. The van der Waals surface area contributed by atoms with Crippen LogP contribution >= 0.6 is 0 Å². The quantitative estimate of drug-likeness (QED) is 0.672. The van der Waals surface area contributed by atoms with Crippen molar-refractivity contribution in [2.24, 2.45) is 0 Å². The van der Waals surface area contributed by atoms with E-state index in [0.29, 0.717) is 31.0 Å². The van der Waals surface area contributed by atoms with Crippen molar-refractivity contribution in [3.8, 4) is 5.75 Å². The third-order valence-electron chi connectivity index (χ3n) is 3.79. The SMILES string of the molecule is CCOc1ccc(N(CCCC(=O)NCc2ccccn2)S(C)(=O)=O)cc1. The summed E-state index contributed by atoms with van der Waals surface area (Å²) in [4.78, 5) is 16.1. The number of rotatable bonds is 10. The van der Waals surface area contributed by atoms with Gasteiger partial charge in [0.1, 0.15) is 5.75 Å². The van der Waals surface area contributed by atoms with Crippen LogP contribution < -0.4 is 14.4 Å². The molecule has 0 saturated carbocycles. The summed E-state index contributed by atoms with van der Waals surface area (Å²) < 4.78 is 30.9. The average Bonchev–Trinajstić information content (AvgIpc) is 2.64. The van der Waals surface area contributed by atoms with Crippen LogP contribution in [0.25, 0.3) is 0 Å². The first kappa shape index (κ1) is 20.7. The van der Waals surface area contributed by atoms with E-state index in [0.717, 1.165) is 11.9 Å². The lowest BCUT2D eigenvalue weighted by molar-refractivity contribution is -0.121. The Hall–Kier alpha value is -2.61. The van der Waals surface area contributed by atoms with E-state index < -0.39 is 10.0 Å². The molecule has 0 fully saturated rings. The van der Waals surface area contributed by atoms with Crippen molar-refractivity contribution in [2.45, 2.75) is 26.3 Å². The Labute approximate surface area is 160 Å². The van der Waals surface area contributed by atoms with Gasteiger partial charge in [-0.1, -0.05) is 6.07 Å². The maximum Gasteiger partial charge on any atom is 0.232 e. The predicted molar refractivity (Wildman–Crippen MR) is 105 cm³/mol. The van der Waals surface area contributed by atoms with E-state index in [1.165, 1.54) is 4.31 Å². The molecule has 2 aromatic rings. The highest BCUT2D eigenvalue weighted by atomic mass is 32.2. The molecule has 1 aromatic heterocycles. The van der Waals surface area contributed by atoms with Gasteiger partial charge < -0.3 is 10.1 Å². The van der Waals surface area contributed by atoms with Gasteiger partial charge in [0.2, 0.25) is 15.9 Å². The normalized spacial score (nSPS) is 11.0. The van der Waals surface area contributed by atoms with Crippen LogP contribution in [0, 0.1) is 0 Å². The van der Waals surface area contributed by atoms with Gasteiger partial charge in [-0.15, -0.1) is 0 Å². The maximum atomic E-state index is 12.1. The minimum atomic E-state index is -3.45. The molecule has 2 rings (SSSR count). The van der Waals surface area contributed by atoms with E-state index in [4.69, 9.17) is 4.74 Å². The van der Waals surface area contributed by atoms with Crippen LogP contribution in [0.15, 0.2) is 48.7 Å². The molecule has 0 atom stereocenters. The van der Waals surface area contributed by atoms with Crippen LogP contribution in [-0.2, 0) is 21.4 Å². The number of carbonyl (C=O) groups is 1. The van der Waals surface area contributed by atoms with Crippen molar-refractivity contribution in [1.82, 2.24) is 10.3 Å². The lowest BCUT2D eigenvalue weighted by Crippen LogP contribution is -2.32. The van der Waals surface area contributed by atoms with Gasteiger partial charge in [0, 0.05) is 19.2 Å². The molecular weight excluding hydrogens is 366 g/mol. The number of carbonyl (C=O) groups excluding carboxylic acids is 1. The molecule has 0 aliphatic rings. The monoisotopic (exact) mass is 391 g/mol. The van der Waals surface area contributed by atoms with Gasteiger partial charge in [-0.2, -0.15) is 0 Å². The largest absolute Gasteiger partial charge is 0.494 e. The van der Waals surface area contributed by atoms with Crippen molar-refractivity contribution in [1.29, 1.82) is 0 Å². The van der Waals surface area contributed by atoms with Crippen LogP contribution in [-0.4, -0.2) is 38.7 Å². The van der Waals surface area contributed by atoms with Crippen molar-refractivity contribution in [3.63, 3.8) is 0 Å². The smallest absolute Gasteiger partial charge is 0.232 e. The van der Waals surface area contributed by atoms with Crippen molar-refractivity contribution >= 4 is 21.6 Å². The summed E-state index contributed by atoms with van der Waals surface area (Å²) >= 11 is 0. The third kappa shape index (κ3) is 6.90. The molecule has 27 heavy (non-hydrogen) atoms. The van der Waals surface area contributed by atoms with E-state index in [9.17, 15) is 13.2 Å². The van der Waals surface area contributed by atoms with E-state index in [-0.39, 0.29) is 18.9 Å². The Morgan fingerprint density at radius 3 is 2.52 bits per heavy atom. The minimum Gasteiger partial charge on any atom is -0.494 e. The molecule has 0 radical (unpaired) electrons. The fourth-order valence-electron chi connectivity index (χ4n) is 2.53. The number of pyridine rings is 1. The molecule has 0 aliphatic carbocycles. The van der Waals surface area contributed by atoms with Gasteiger partial charge in [0.15, 0.2) is 0 Å². The molecule has 7 nitrogen and oxygen atoms in total. The number of nitrogens with one attached hydrogen (secondary N) is 1. The first-order valence-corrected chi connectivity index (χ1v) is 10.6. The first-order chi connectivity index (χ1) is 12.9. The summed E-state index contributed by atoms with van der Waals surface area (Å²) in [5.41, 5.74) is 1.33. The number of nitrogens with zero attached hydrogens (tertiary/aromatic N) is 2. The van der Waals surface area contributed by atoms with Gasteiger partial charge >= 0.3 is 0 Å². The second kappa shape index (κ2) is 9.91. The molecule has 146 valence electrons. The predicted octanol–water partition coefficient (Wildman–Crippen LogP) is 2.34. The fraction of sp³-hybridized carbons (Fsp3) is 0.368. The van der Waals surface area contributed by atoms with Crippen LogP contribution in [0.1, 0.15) is 25.5 Å². The topological polar surface area (TPSA) is 88.6 Å². The second-order valence-electron chi connectivity index (χ2n) is 5.96. The first-order valence-electron chi connectivity index (χ1n) is 8.77. The van der Waals surface area contributed by atoms with Crippen molar-refractivity contribution in [2.75, 3.05) is 23.7 Å². The zero-order chi connectivity index (χ0) is 19.7. The second-order valence-corrected chi connectivity index (χ2v) is 7.87. The van der Waals surface area contributed by atoms with E-state index in [1.54, 1.807) is 30.5 Å². The fourth-order valence-corrected chi connectivity index (χ4v) is 3.49. The molecule has 0 spiro atoms. The number of ether oxygens (including phenoxy) is 1. The molecule has 8 heteroatoms. The Morgan fingerprint density at radius 2 is 1.93 bits per heavy atom. The highest BCUT2D eigenvalue weighted by Gasteiger charge is 2.17. The summed E-state index contributed by atoms with van der Waals surface area (Å²) in [7, 11) is -3.45. The zero-order valence-electron chi connectivity index (χ0n) is 15.6. The lowest BCUT2D eigenvalue weighted by atomic mass is 10.2. The molecule has 1 amide bonds. The maximum absolute atomic E-state index is 12.1. The zero-order valence-corrected chi connectivity index (χ0v) is 16.4. The Morgan fingerprint density at radius 1 is 1.19 bits per heavy atom. The molecule has 0 aliphatic heterocycles. The number of amides is 1. The summed E-state index contributed by atoms with van der Waals surface area (Å²) in [6.07, 6.45) is 3.47. The summed E-state index contributed by atoms with van der Waals surface area (Å²) in [5, 5.41) is 2.79. The van der Waals surface area contributed by atoms with Crippen LogP contribution in [0.5, 0.6) is 5.75 Å². The average molecular weight is 391 g/mol. The van der Waals surface area contributed by atoms with Gasteiger partial charge in [-0.3, -0.25) is 14.1 Å². The summed E-state index contributed by atoms with van der Waals surface area (Å²) in [5.74, 6) is 0.546. The van der Waals surface area contributed by atoms with E-state index in [2.05, 4.69) is 10.3 Å². The summed E-state index contributed by atoms with van der Waals surface area (Å²) in [6, 6.07) is 12.4. The van der Waals surface area contributed by atoms with E-state index in [1.807, 2.05) is 25.1 Å². The van der Waals surface area contributed by atoms with Crippen LogP contribution in [0.3, 0.4) is 0 Å². The van der Waals surface area contributed by atoms with Gasteiger partial charge in [0.25, 0.3) is 0 Å². The Bertz CT molecular complexity index is 824. The molecule has 0 bridgehead atoms. The van der Waals surface area contributed by atoms with Gasteiger partial charge in [-0.05, 0) is 49.7 Å². The molecular formula is C19H25N3O4S. The number of aromatic nitrogens is 1. The van der Waals surface area contributed by atoms with Crippen LogP contribution in [0.4, 0.5) is 5.69 Å². The number of anilines is 1. The number of sulfonamides is 1.